The molecule has 0 bridgehead atoms. The third-order valence-corrected chi connectivity index (χ3v) is 5.59. The second-order valence-electron chi connectivity index (χ2n) is 8.01. The Labute approximate surface area is 214 Å². The van der Waals surface area contributed by atoms with Crippen molar-refractivity contribution >= 4 is 17.6 Å². The highest BCUT2D eigenvalue weighted by atomic mass is 16.6. The number of non-ortho nitro benzene ring substituents is 1. The van der Waals surface area contributed by atoms with Gasteiger partial charge in [0.05, 0.1) is 39.1 Å². The first kappa shape index (κ1) is 27.0. The van der Waals surface area contributed by atoms with Crippen molar-refractivity contribution in [2.45, 2.75) is 26.0 Å². The van der Waals surface area contributed by atoms with Crippen LogP contribution >= 0.6 is 0 Å². The molecule has 0 heterocycles. The Kier molecular flexibility index (Phi) is 9.42. The minimum Gasteiger partial charge on any atom is -0.496 e. The lowest BCUT2D eigenvalue weighted by atomic mass is 10.0. The van der Waals surface area contributed by atoms with Crippen molar-refractivity contribution in [1.29, 1.82) is 0 Å². The largest absolute Gasteiger partial charge is 0.496 e. The number of benzene rings is 3. The van der Waals surface area contributed by atoms with Crippen molar-refractivity contribution < 1.29 is 33.5 Å². The molecular formula is C27H28N2O8. The zero-order valence-corrected chi connectivity index (χ0v) is 20.8. The van der Waals surface area contributed by atoms with Crippen LogP contribution in [0, 0.1) is 10.1 Å². The zero-order chi connectivity index (χ0) is 26.8. The minimum atomic E-state index is -0.572. The van der Waals surface area contributed by atoms with Gasteiger partial charge in [0.25, 0.3) is 5.69 Å². The quantitative estimate of drug-likeness (QED) is 0.223. The third-order valence-electron chi connectivity index (χ3n) is 5.59. The molecule has 0 spiro atoms. The maximum absolute atomic E-state index is 12.7. The van der Waals surface area contributed by atoms with Crippen molar-refractivity contribution in [3.8, 4) is 17.2 Å². The van der Waals surface area contributed by atoms with Gasteiger partial charge >= 0.3 is 5.97 Å². The van der Waals surface area contributed by atoms with Crippen LogP contribution in [0.4, 0.5) is 5.69 Å². The number of ether oxygens (including phenoxy) is 4. The van der Waals surface area contributed by atoms with Gasteiger partial charge in [0.2, 0.25) is 5.91 Å². The second-order valence-corrected chi connectivity index (χ2v) is 8.01. The van der Waals surface area contributed by atoms with Gasteiger partial charge in [-0.05, 0) is 34.9 Å². The predicted molar refractivity (Wildman–Crippen MR) is 135 cm³/mol. The standard InChI is InChI=1S/C27H28N2O8/c1-34-23-10-9-22(29(32)33)12-21(23)17-37-27(31)15-19-13-24(35-2)25(36-3)14-20(19)16-28-26(30)11-18-7-5-4-6-8-18/h4-10,12-14H,11,15-17H2,1-3H3,(H,28,30). The van der Waals surface area contributed by atoms with Crippen LogP contribution in [0.2, 0.25) is 0 Å². The van der Waals surface area contributed by atoms with Crippen molar-refractivity contribution in [1.82, 2.24) is 5.32 Å². The molecule has 1 N–H and O–H groups in total. The Bertz CT molecular complexity index is 1260. The van der Waals surface area contributed by atoms with E-state index in [1.165, 1.54) is 39.5 Å². The van der Waals surface area contributed by atoms with Crippen molar-refractivity contribution in [2.75, 3.05) is 21.3 Å². The summed E-state index contributed by atoms with van der Waals surface area (Å²) in [6.07, 6.45) is 0.0953. The number of esters is 1. The number of carbonyl (C=O) groups excluding carboxylic acids is 2. The van der Waals surface area contributed by atoms with E-state index in [9.17, 15) is 19.7 Å². The number of nitrogens with zero attached hydrogens (tertiary/aromatic N) is 1. The molecule has 10 heteroatoms. The SMILES string of the molecule is COc1ccc([N+](=O)[O-])cc1COC(=O)Cc1cc(OC)c(OC)cc1CNC(=O)Cc1ccccc1. The lowest BCUT2D eigenvalue weighted by Gasteiger charge is -2.16. The predicted octanol–water partition coefficient (Wildman–Crippen LogP) is 3.77. The van der Waals surface area contributed by atoms with E-state index in [1.54, 1.807) is 12.1 Å². The monoisotopic (exact) mass is 508 g/mol. The van der Waals surface area contributed by atoms with Crippen molar-refractivity contribution in [2.24, 2.45) is 0 Å². The van der Waals surface area contributed by atoms with E-state index in [0.29, 0.717) is 33.9 Å². The zero-order valence-electron chi connectivity index (χ0n) is 20.8. The Morgan fingerprint density at radius 3 is 2.08 bits per heavy atom. The van der Waals surface area contributed by atoms with Gasteiger partial charge in [-0.1, -0.05) is 30.3 Å². The summed E-state index contributed by atoms with van der Waals surface area (Å²) < 4.78 is 21.4. The summed E-state index contributed by atoms with van der Waals surface area (Å²) in [5, 5.41) is 14.0. The van der Waals surface area contributed by atoms with Crippen LogP contribution in [-0.2, 0) is 40.3 Å². The van der Waals surface area contributed by atoms with E-state index in [4.69, 9.17) is 18.9 Å². The van der Waals surface area contributed by atoms with Gasteiger partial charge in [0, 0.05) is 24.2 Å². The highest BCUT2D eigenvalue weighted by molar-refractivity contribution is 5.79. The van der Waals surface area contributed by atoms with E-state index in [1.807, 2.05) is 30.3 Å². The van der Waals surface area contributed by atoms with Crippen LogP contribution < -0.4 is 19.5 Å². The first-order chi connectivity index (χ1) is 17.8. The van der Waals surface area contributed by atoms with Gasteiger partial charge in [0.15, 0.2) is 11.5 Å². The second kappa shape index (κ2) is 12.9. The topological polar surface area (TPSA) is 126 Å². The number of rotatable bonds is 12. The third kappa shape index (κ3) is 7.44. The first-order valence-electron chi connectivity index (χ1n) is 11.4. The normalized spacial score (nSPS) is 10.4. The number of hydrogen-bond donors (Lipinski definition) is 1. The molecule has 37 heavy (non-hydrogen) atoms. The van der Waals surface area contributed by atoms with Crippen LogP contribution in [0.1, 0.15) is 22.3 Å². The van der Waals surface area contributed by atoms with Crippen molar-refractivity contribution in [3.05, 3.63) is 93.0 Å². The molecule has 3 aromatic carbocycles. The molecular weight excluding hydrogens is 480 g/mol. The average molecular weight is 509 g/mol. The Balaban J connectivity index is 1.73. The molecule has 0 saturated heterocycles. The Morgan fingerprint density at radius 1 is 0.811 bits per heavy atom. The fraction of sp³-hybridized carbons (Fsp3) is 0.259. The van der Waals surface area contributed by atoms with Gasteiger partial charge in [-0.25, -0.2) is 0 Å². The number of amides is 1. The van der Waals surface area contributed by atoms with Crippen LogP contribution in [0.25, 0.3) is 0 Å². The molecule has 0 aliphatic heterocycles. The maximum atomic E-state index is 12.7. The lowest BCUT2D eigenvalue weighted by molar-refractivity contribution is -0.385. The lowest BCUT2D eigenvalue weighted by Crippen LogP contribution is -2.25. The molecule has 0 aliphatic carbocycles. The van der Waals surface area contributed by atoms with E-state index >= 15 is 0 Å². The molecule has 194 valence electrons. The molecule has 0 fully saturated rings. The molecule has 0 radical (unpaired) electrons. The number of hydrogen-bond acceptors (Lipinski definition) is 8. The molecule has 3 aromatic rings. The summed E-state index contributed by atoms with van der Waals surface area (Å²) in [4.78, 5) is 35.8. The fourth-order valence-corrected chi connectivity index (χ4v) is 3.69. The molecule has 0 saturated carbocycles. The first-order valence-corrected chi connectivity index (χ1v) is 11.4. The van der Waals surface area contributed by atoms with Crippen molar-refractivity contribution in [3.63, 3.8) is 0 Å². The number of nitrogens with one attached hydrogen (secondary N) is 1. The van der Waals surface area contributed by atoms with E-state index in [0.717, 1.165) is 5.56 Å². The minimum absolute atomic E-state index is 0.124. The van der Waals surface area contributed by atoms with E-state index in [-0.39, 0.29) is 37.6 Å². The van der Waals surface area contributed by atoms with Gasteiger partial charge < -0.3 is 24.3 Å². The maximum Gasteiger partial charge on any atom is 0.310 e. The number of nitro groups is 1. The summed E-state index contributed by atoms with van der Waals surface area (Å²) in [7, 11) is 4.40. The smallest absolute Gasteiger partial charge is 0.310 e. The van der Waals surface area contributed by atoms with Crippen LogP contribution in [-0.4, -0.2) is 38.1 Å². The Morgan fingerprint density at radius 2 is 1.46 bits per heavy atom. The highest BCUT2D eigenvalue weighted by Crippen LogP contribution is 2.31. The summed E-state index contributed by atoms with van der Waals surface area (Å²) in [6.45, 7) is -0.0482. The summed E-state index contributed by atoms with van der Waals surface area (Å²) in [6, 6.07) is 16.8. The van der Waals surface area contributed by atoms with Gasteiger partial charge in [0.1, 0.15) is 12.4 Å². The van der Waals surface area contributed by atoms with Crippen LogP contribution in [0.15, 0.2) is 60.7 Å². The number of carbonyl (C=O) groups is 2. The van der Waals surface area contributed by atoms with Gasteiger partial charge in [-0.2, -0.15) is 0 Å². The average Bonchev–Trinajstić information content (AvgIpc) is 2.91. The molecule has 0 aromatic heterocycles. The van der Waals surface area contributed by atoms with Crippen LogP contribution in [0.5, 0.6) is 17.2 Å². The van der Waals surface area contributed by atoms with E-state index in [2.05, 4.69) is 5.32 Å². The van der Waals surface area contributed by atoms with Gasteiger partial charge in [-0.15, -0.1) is 0 Å². The highest BCUT2D eigenvalue weighted by Gasteiger charge is 2.18. The molecule has 0 unspecified atom stereocenters. The number of nitro benzene ring substituents is 1. The number of methoxy groups -OCH3 is 3. The fourth-order valence-electron chi connectivity index (χ4n) is 3.69. The Hall–Kier alpha value is -4.60. The summed E-state index contributed by atoms with van der Waals surface area (Å²) in [5.74, 6) is 0.495. The molecule has 10 nitrogen and oxygen atoms in total. The summed E-state index contributed by atoms with van der Waals surface area (Å²) >= 11 is 0. The molecule has 0 aliphatic rings. The summed E-state index contributed by atoms with van der Waals surface area (Å²) in [5.41, 5.74) is 2.34. The van der Waals surface area contributed by atoms with Crippen LogP contribution in [0.3, 0.4) is 0 Å². The van der Waals surface area contributed by atoms with E-state index < -0.39 is 10.9 Å². The molecule has 0 atom stereocenters. The van der Waals surface area contributed by atoms with Gasteiger partial charge in [-0.3, -0.25) is 19.7 Å². The molecule has 3 rings (SSSR count). The molecule has 1 amide bonds.